The Balaban J connectivity index is 1.75. The van der Waals surface area contributed by atoms with Crippen LogP contribution in [0.1, 0.15) is 63.4 Å². The Kier molecular flexibility index (Phi) is 4.16. The van der Waals surface area contributed by atoms with Gasteiger partial charge in [0.25, 0.3) is 0 Å². The second kappa shape index (κ2) is 5.88. The van der Waals surface area contributed by atoms with Gasteiger partial charge < -0.3 is 5.73 Å². The molecule has 0 aromatic carbocycles. The van der Waals surface area contributed by atoms with Gasteiger partial charge in [-0.05, 0) is 36.7 Å². The molecule has 2 fully saturated rings. The summed E-state index contributed by atoms with van der Waals surface area (Å²) in [5.74, 6) is 1.61. The lowest BCUT2D eigenvalue weighted by Crippen LogP contribution is -2.53. The molecule has 3 heteroatoms. The molecule has 0 radical (unpaired) electrons. The maximum absolute atomic E-state index is 6.94. The summed E-state index contributed by atoms with van der Waals surface area (Å²) in [4.78, 5) is 0. The fourth-order valence-electron chi connectivity index (χ4n) is 4.70. The molecule has 1 heterocycles. The summed E-state index contributed by atoms with van der Waals surface area (Å²) in [7, 11) is 1.99. The van der Waals surface area contributed by atoms with Crippen LogP contribution in [-0.2, 0) is 13.5 Å². The van der Waals surface area contributed by atoms with Gasteiger partial charge in [-0.15, -0.1) is 0 Å². The number of nitrogens with zero attached hydrogens (tertiary/aromatic N) is 2. The zero-order valence-corrected chi connectivity index (χ0v) is 12.9. The van der Waals surface area contributed by atoms with Crippen LogP contribution < -0.4 is 5.73 Å². The molecule has 0 bridgehead atoms. The third kappa shape index (κ3) is 2.93. The molecular weight excluding hydrogens is 246 g/mol. The number of aryl methyl sites for hydroxylation is 1. The van der Waals surface area contributed by atoms with Crippen LogP contribution in [0.15, 0.2) is 12.4 Å². The average molecular weight is 275 g/mol. The predicted molar refractivity (Wildman–Crippen MR) is 82.4 cm³/mol. The minimum absolute atomic E-state index is 0.0172. The van der Waals surface area contributed by atoms with E-state index < -0.39 is 0 Å². The Morgan fingerprint density at radius 3 is 2.65 bits per heavy atom. The van der Waals surface area contributed by atoms with Crippen molar-refractivity contribution >= 4 is 0 Å². The van der Waals surface area contributed by atoms with Crippen molar-refractivity contribution in [2.75, 3.05) is 0 Å². The zero-order chi connectivity index (χ0) is 14.0. The molecule has 112 valence electrons. The van der Waals surface area contributed by atoms with Crippen molar-refractivity contribution in [3.63, 3.8) is 0 Å². The second-order valence-corrected chi connectivity index (χ2v) is 7.18. The first-order chi connectivity index (χ1) is 9.67. The summed E-state index contributed by atoms with van der Waals surface area (Å²) in [5.41, 5.74) is 8.27. The minimum Gasteiger partial charge on any atom is -0.325 e. The van der Waals surface area contributed by atoms with Crippen LogP contribution in [0, 0.1) is 11.8 Å². The number of rotatable bonds is 3. The van der Waals surface area contributed by atoms with Crippen molar-refractivity contribution in [1.82, 2.24) is 9.78 Å². The lowest BCUT2D eigenvalue weighted by molar-refractivity contribution is 0.0995. The van der Waals surface area contributed by atoms with Gasteiger partial charge in [0.2, 0.25) is 0 Å². The molecule has 0 saturated heterocycles. The van der Waals surface area contributed by atoms with Crippen LogP contribution in [-0.4, -0.2) is 15.3 Å². The third-order valence-corrected chi connectivity index (χ3v) is 5.66. The molecule has 0 spiro atoms. The van der Waals surface area contributed by atoms with Gasteiger partial charge in [0.1, 0.15) is 0 Å². The number of hydrogen-bond acceptors (Lipinski definition) is 2. The molecule has 2 N–H and O–H groups in total. The SMILES string of the molecule is Cn1cc(CC2(N)CCCCC2C2CCCCC2)cn1. The molecule has 20 heavy (non-hydrogen) atoms. The van der Waals surface area contributed by atoms with E-state index in [1.54, 1.807) is 0 Å². The maximum atomic E-state index is 6.94. The number of nitrogens with two attached hydrogens (primary N) is 1. The van der Waals surface area contributed by atoms with Crippen molar-refractivity contribution in [3.8, 4) is 0 Å². The van der Waals surface area contributed by atoms with E-state index in [1.807, 2.05) is 17.9 Å². The van der Waals surface area contributed by atoms with E-state index >= 15 is 0 Å². The van der Waals surface area contributed by atoms with E-state index in [-0.39, 0.29) is 5.54 Å². The smallest absolute Gasteiger partial charge is 0.0522 e. The fraction of sp³-hybridized carbons (Fsp3) is 0.824. The lowest BCUT2D eigenvalue weighted by Gasteiger charge is -2.46. The van der Waals surface area contributed by atoms with Crippen molar-refractivity contribution in [3.05, 3.63) is 18.0 Å². The predicted octanol–water partition coefficient (Wildman–Crippen LogP) is 3.43. The first kappa shape index (κ1) is 14.1. The summed E-state index contributed by atoms with van der Waals surface area (Å²) in [5, 5.41) is 4.31. The molecule has 2 aliphatic rings. The standard InChI is InChI=1S/C17H29N3/c1-20-13-14(12-19-20)11-17(18)10-6-5-9-16(17)15-7-3-2-4-8-15/h12-13,15-16H,2-11,18H2,1H3. The second-order valence-electron chi connectivity index (χ2n) is 7.18. The Bertz CT molecular complexity index is 433. The van der Waals surface area contributed by atoms with Gasteiger partial charge in [-0.2, -0.15) is 5.10 Å². The lowest BCUT2D eigenvalue weighted by atomic mass is 9.62. The molecule has 2 unspecified atom stereocenters. The highest BCUT2D eigenvalue weighted by atomic mass is 15.2. The number of aromatic nitrogens is 2. The van der Waals surface area contributed by atoms with Crippen LogP contribution in [0.3, 0.4) is 0 Å². The highest BCUT2D eigenvalue weighted by Gasteiger charge is 2.41. The van der Waals surface area contributed by atoms with Gasteiger partial charge in [-0.3, -0.25) is 4.68 Å². The first-order valence-corrected chi connectivity index (χ1v) is 8.44. The molecule has 3 nitrogen and oxygen atoms in total. The Labute approximate surface area is 122 Å². The van der Waals surface area contributed by atoms with Crippen molar-refractivity contribution in [2.24, 2.45) is 24.6 Å². The van der Waals surface area contributed by atoms with Crippen LogP contribution in [0.25, 0.3) is 0 Å². The van der Waals surface area contributed by atoms with Crippen molar-refractivity contribution in [1.29, 1.82) is 0 Å². The van der Waals surface area contributed by atoms with Gasteiger partial charge in [-0.1, -0.05) is 44.9 Å². The molecule has 1 aromatic rings. The molecule has 2 atom stereocenters. The molecule has 0 amide bonds. The van der Waals surface area contributed by atoms with E-state index in [0.717, 1.165) is 18.3 Å². The number of hydrogen-bond donors (Lipinski definition) is 1. The highest BCUT2D eigenvalue weighted by Crippen LogP contribution is 2.43. The van der Waals surface area contributed by atoms with E-state index in [9.17, 15) is 0 Å². The van der Waals surface area contributed by atoms with E-state index in [0.29, 0.717) is 0 Å². The molecule has 3 rings (SSSR count). The van der Waals surface area contributed by atoms with Crippen molar-refractivity contribution < 1.29 is 0 Å². The van der Waals surface area contributed by atoms with Crippen LogP contribution in [0.2, 0.25) is 0 Å². The average Bonchev–Trinajstić information content (AvgIpc) is 2.85. The topological polar surface area (TPSA) is 43.8 Å². The van der Waals surface area contributed by atoms with Gasteiger partial charge in [-0.25, -0.2) is 0 Å². The molecular formula is C17H29N3. The largest absolute Gasteiger partial charge is 0.325 e. The molecule has 2 saturated carbocycles. The van der Waals surface area contributed by atoms with Crippen LogP contribution in [0.4, 0.5) is 0 Å². The summed E-state index contributed by atoms with van der Waals surface area (Å²) in [6, 6.07) is 0. The fourth-order valence-corrected chi connectivity index (χ4v) is 4.70. The van der Waals surface area contributed by atoms with E-state index in [2.05, 4.69) is 11.3 Å². The third-order valence-electron chi connectivity index (χ3n) is 5.66. The summed E-state index contributed by atoms with van der Waals surface area (Å²) in [6.07, 6.45) is 17.5. The Morgan fingerprint density at radius 1 is 1.20 bits per heavy atom. The quantitative estimate of drug-likeness (QED) is 0.918. The van der Waals surface area contributed by atoms with E-state index in [4.69, 9.17) is 5.73 Å². The maximum Gasteiger partial charge on any atom is 0.0522 e. The van der Waals surface area contributed by atoms with E-state index in [1.165, 1.54) is 63.4 Å². The summed E-state index contributed by atoms with van der Waals surface area (Å²) < 4.78 is 1.90. The Morgan fingerprint density at radius 2 is 1.95 bits per heavy atom. The molecule has 1 aromatic heterocycles. The Hall–Kier alpha value is -0.830. The van der Waals surface area contributed by atoms with Crippen molar-refractivity contribution in [2.45, 2.75) is 69.7 Å². The minimum atomic E-state index is 0.0172. The van der Waals surface area contributed by atoms with Gasteiger partial charge >= 0.3 is 0 Å². The first-order valence-electron chi connectivity index (χ1n) is 8.44. The summed E-state index contributed by atoms with van der Waals surface area (Å²) >= 11 is 0. The summed E-state index contributed by atoms with van der Waals surface area (Å²) in [6.45, 7) is 0. The van der Waals surface area contributed by atoms with Gasteiger partial charge in [0.15, 0.2) is 0 Å². The zero-order valence-electron chi connectivity index (χ0n) is 12.9. The monoisotopic (exact) mass is 275 g/mol. The van der Waals surface area contributed by atoms with Crippen LogP contribution >= 0.6 is 0 Å². The van der Waals surface area contributed by atoms with Crippen LogP contribution in [0.5, 0.6) is 0 Å². The van der Waals surface area contributed by atoms with Gasteiger partial charge in [0, 0.05) is 18.8 Å². The van der Waals surface area contributed by atoms with Gasteiger partial charge in [0.05, 0.1) is 6.20 Å². The normalized spacial score (nSPS) is 32.4. The highest BCUT2D eigenvalue weighted by molar-refractivity contribution is 5.12. The molecule has 2 aliphatic carbocycles. The molecule has 0 aliphatic heterocycles.